The Bertz CT molecular complexity index is 596. The van der Waals surface area contributed by atoms with E-state index in [0.29, 0.717) is 12.3 Å². The van der Waals surface area contributed by atoms with E-state index in [1.165, 1.54) is 14.2 Å². The van der Waals surface area contributed by atoms with E-state index in [1.54, 1.807) is 6.08 Å². The smallest absolute Gasteiger partial charge is 0.311 e. The largest absolute Gasteiger partial charge is 0.481 e. The highest BCUT2D eigenvalue weighted by molar-refractivity contribution is 6.01. The van der Waals surface area contributed by atoms with Crippen molar-refractivity contribution in [2.24, 2.45) is 16.8 Å². The van der Waals surface area contributed by atoms with Gasteiger partial charge in [-0.2, -0.15) is 10.3 Å². The van der Waals surface area contributed by atoms with Gasteiger partial charge in [-0.05, 0) is 18.8 Å². The van der Waals surface area contributed by atoms with Crippen LogP contribution in [0.25, 0.3) is 0 Å². The van der Waals surface area contributed by atoms with Crippen LogP contribution in [0.1, 0.15) is 19.3 Å². The maximum Gasteiger partial charge on any atom is 0.311 e. The van der Waals surface area contributed by atoms with Crippen molar-refractivity contribution in [1.82, 2.24) is 0 Å². The number of fused-ring (bicyclic) bond motifs is 1. The van der Waals surface area contributed by atoms with E-state index in [0.717, 1.165) is 18.4 Å². The second kappa shape index (κ2) is 6.35. The number of carbonyl (C=O) groups is 1. The van der Waals surface area contributed by atoms with Crippen LogP contribution in [0.15, 0.2) is 28.3 Å². The average Bonchev–Trinajstić information content (AvgIpc) is 2.51. The second-order valence-electron chi connectivity index (χ2n) is 5.02. The number of hydrogen-bond donors (Lipinski definition) is 1. The fraction of sp³-hybridized carbons (Fsp3) is 0.467. The molecule has 0 aromatic carbocycles. The van der Waals surface area contributed by atoms with Crippen LogP contribution in [0.3, 0.4) is 0 Å². The number of ether oxygens (including phenoxy) is 2. The Morgan fingerprint density at radius 3 is 2.81 bits per heavy atom. The van der Waals surface area contributed by atoms with Crippen molar-refractivity contribution in [2.45, 2.75) is 19.3 Å². The number of ketones is 1. The van der Waals surface area contributed by atoms with E-state index in [4.69, 9.17) is 20.1 Å². The number of nitrogens with one attached hydrogen (secondary N) is 1. The summed E-state index contributed by atoms with van der Waals surface area (Å²) >= 11 is 0. The number of hydrogen-bond acceptors (Lipinski definition) is 5. The lowest BCUT2D eigenvalue weighted by Gasteiger charge is -2.30. The molecule has 2 rings (SSSR count). The van der Waals surface area contributed by atoms with Gasteiger partial charge in [0.1, 0.15) is 6.07 Å². The zero-order valence-corrected chi connectivity index (χ0v) is 12.0. The third kappa shape index (κ3) is 3.19. The molecule has 0 saturated heterocycles. The molecule has 2 atom stereocenters. The van der Waals surface area contributed by atoms with Gasteiger partial charge < -0.3 is 9.47 Å². The molecule has 21 heavy (non-hydrogen) atoms. The molecule has 0 spiro atoms. The van der Waals surface area contributed by atoms with Crippen LogP contribution in [0, 0.1) is 28.6 Å². The van der Waals surface area contributed by atoms with Gasteiger partial charge in [-0.1, -0.05) is 12.2 Å². The van der Waals surface area contributed by atoms with Gasteiger partial charge in [-0.25, -0.2) is 5.41 Å². The predicted molar refractivity (Wildman–Crippen MR) is 76.8 cm³/mol. The number of Topliss-reactive ketones (excluding diaryl/α,β-unsaturated/α-hetero) is 1. The number of amidine groups is 1. The Balaban J connectivity index is 2.30. The highest BCUT2D eigenvalue weighted by Gasteiger charge is 2.32. The third-order valence-corrected chi connectivity index (χ3v) is 3.81. The molecule has 0 amide bonds. The number of allylic oxidation sites excluding steroid dienone is 3. The molecule has 0 saturated carbocycles. The summed E-state index contributed by atoms with van der Waals surface area (Å²) in [6.45, 7) is 0. The van der Waals surface area contributed by atoms with Crippen molar-refractivity contribution in [3.8, 4) is 6.07 Å². The first kappa shape index (κ1) is 15.0. The minimum Gasteiger partial charge on any atom is -0.481 e. The van der Waals surface area contributed by atoms with Crippen LogP contribution in [0.2, 0.25) is 0 Å². The van der Waals surface area contributed by atoms with Gasteiger partial charge in [-0.3, -0.25) is 4.79 Å². The van der Waals surface area contributed by atoms with Gasteiger partial charge >= 0.3 is 6.02 Å². The Morgan fingerprint density at radius 2 is 2.19 bits per heavy atom. The molecule has 1 N–H and O–H groups in total. The average molecular weight is 287 g/mol. The van der Waals surface area contributed by atoms with Crippen molar-refractivity contribution < 1.29 is 14.3 Å². The summed E-state index contributed by atoms with van der Waals surface area (Å²) < 4.78 is 9.94. The molecule has 0 aromatic heterocycles. The molecule has 0 bridgehead atoms. The first-order valence-corrected chi connectivity index (χ1v) is 6.70. The van der Waals surface area contributed by atoms with Crippen LogP contribution in [0.5, 0.6) is 0 Å². The molecule has 2 unspecified atom stereocenters. The molecule has 6 heteroatoms. The Kier molecular flexibility index (Phi) is 4.53. The first-order valence-electron chi connectivity index (χ1n) is 6.70. The van der Waals surface area contributed by atoms with Gasteiger partial charge in [-0.15, -0.1) is 0 Å². The molecule has 0 radical (unpaired) electrons. The second-order valence-corrected chi connectivity index (χ2v) is 5.02. The molecule has 2 aliphatic carbocycles. The molecule has 6 nitrogen and oxygen atoms in total. The quantitative estimate of drug-likeness (QED) is 0.589. The Labute approximate surface area is 123 Å². The van der Waals surface area contributed by atoms with Crippen molar-refractivity contribution in [1.29, 1.82) is 10.7 Å². The van der Waals surface area contributed by atoms with Crippen molar-refractivity contribution in [3.63, 3.8) is 0 Å². The minimum atomic E-state index is -0.220. The lowest BCUT2D eigenvalue weighted by atomic mass is 9.73. The summed E-state index contributed by atoms with van der Waals surface area (Å²) in [4.78, 5) is 15.7. The van der Waals surface area contributed by atoms with E-state index >= 15 is 0 Å². The molecule has 2 aliphatic rings. The van der Waals surface area contributed by atoms with Crippen molar-refractivity contribution in [2.75, 3.05) is 14.2 Å². The molecular weight excluding hydrogens is 270 g/mol. The zero-order valence-electron chi connectivity index (χ0n) is 12.0. The Morgan fingerprint density at radius 1 is 1.43 bits per heavy atom. The SMILES string of the molecule is COC(=N)/N=C(/OC)C1=CC2C=C(C#N)C(=O)CC2CC1. The van der Waals surface area contributed by atoms with Crippen LogP contribution in [-0.4, -0.2) is 31.9 Å². The summed E-state index contributed by atoms with van der Waals surface area (Å²) in [7, 11) is 2.87. The van der Waals surface area contributed by atoms with E-state index in [9.17, 15) is 4.79 Å². The lowest BCUT2D eigenvalue weighted by molar-refractivity contribution is -0.116. The van der Waals surface area contributed by atoms with Gasteiger partial charge in [0.15, 0.2) is 5.78 Å². The maximum absolute atomic E-state index is 11.7. The monoisotopic (exact) mass is 287 g/mol. The number of nitriles is 1. The zero-order chi connectivity index (χ0) is 15.4. The summed E-state index contributed by atoms with van der Waals surface area (Å²) in [5.41, 5.74) is 1.11. The molecule has 0 aliphatic heterocycles. The number of nitrogens with zero attached hydrogens (tertiary/aromatic N) is 2. The number of carbonyl (C=O) groups excluding carboxylic acids is 1. The molecule has 0 heterocycles. The fourth-order valence-electron chi connectivity index (χ4n) is 2.71. The maximum atomic E-state index is 11.7. The summed E-state index contributed by atoms with van der Waals surface area (Å²) in [6, 6.07) is 1.73. The van der Waals surface area contributed by atoms with Crippen molar-refractivity contribution >= 4 is 17.7 Å². The van der Waals surface area contributed by atoms with Crippen LogP contribution < -0.4 is 0 Å². The van der Waals surface area contributed by atoms with E-state index in [2.05, 4.69) is 4.99 Å². The van der Waals surface area contributed by atoms with Crippen molar-refractivity contribution in [3.05, 3.63) is 23.3 Å². The summed E-state index contributed by atoms with van der Waals surface area (Å²) in [6.07, 6.45) is 5.68. The number of rotatable bonds is 1. The third-order valence-electron chi connectivity index (χ3n) is 3.81. The van der Waals surface area contributed by atoms with Crippen LogP contribution in [-0.2, 0) is 14.3 Å². The number of methoxy groups -OCH3 is 2. The Hall–Kier alpha value is -2.42. The molecule has 0 aromatic rings. The van der Waals surface area contributed by atoms with E-state index < -0.39 is 0 Å². The number of aliphatic imine (C=N–C) groups is 1. The standard InChI is InChI=1S/C15H17N3O3/c1-20-14(18-15(17)21-2)10-4-3-9-7-13(19)12(8-16)6-11(9)5-10/h5-6,9,11,17H,3-4,7H2,1-2H3/b17-15?,18-14+. The summed E-state index contributed by atoms with van der Waals surface area (Å²) in [5, 5.41) is 16.4. The lowest BCUT2D eigenvalue weighted by Crippen LogP contribution is -2.27. The van der Waals surface area contributed by atoms with E-state index in [1.807, 2.05) is 12.1 Å². The van der Waals surface area contributed by atoms with Gasteiger partial charge in [0.2, 0.25) is 5.90 Å². The molecular formula is C15H17N3O3. The highest BCUT2D eigenvalue weighted by atomic mass is 16.5. The normalized spacial score (nSPS) is 25.2. The molecule has 0 fully saturated rings. The van der Waals surface area contributed by atoms with Gasteiger partial charge in [0, 0.05) is 17.9 Å². The van der Waals surface area contributed by atoms with Gasteiger partial charge in [0.25, 0.3) is 0 Å². The topological polar surface area (TPSA) is 95.5 Å². The first-order chi connectivity index (χ1) is 10.1. The summed E-state index contributed by atoms with van der Waals surface area (Å²) in [5.74, 6) is 0.554. The van der Waals surface area contributed by atoms with Gasteiger partial charge in [0.05, 0.1) is 19.8 Å². The molecule has 110 valence electrons. The van der Waals surface area contributed by atoms with E-state index in [-0.39, 0.29) is 29.2 Å². The van der Waals surface area contributed by atoms with Crippen LogP contribution >= 0.6 is 0 Å². The predicted octanol–water partition coefficient (Wildman–Crippen LogP) is 1.99. The fourth-order valence-corrected chi connectivity index (χ4v) is 2.71. The van der Waals surface area contributed by atoms with Crippen LogP contribution in [0.4, 0.5) is 0 Å². The minimum absolute atomic E-state index is 0.0400. The highest BCUT2D eigenvalue weighted by Crippen LogP contribution is 2.37.